The highest BCUT2D eigenvalue weighted by Gasteiger charge is 2.19. The van der Waals surface area contributed by atoms with Gasteiger partial charge in [0, 0.05) is 43.1 Å². The fourth-order valence-electron chi connectivity index (χ4n) is 3.64. The van der Waals surface area contributed by atoms with Crippen molar-refractivity contribution in [2.75, 3.05) is 23.7 Å². The van der Waals surface area contributed by atoms with E-state index >= 15 is 0 Å². The van der Waals surface area contributed by atoms with Gasteiger partial charge in [-0.15, -0.1) is 0 Å². The summed E-state index contributed by atoms with van der Waals surface area (Å²) in [5.74, 6) is 1.53. The van der Waals surface area contributed by atoms with Crippen LogP contribution in [-0.2, 0) is 6.54 Å². The Balaban J connectivity index is 1.33. The van der Waals surface area contributed by atoms with E-state index in [1.165, 1.54) is 5.56 Å². The van der Waals surface area contributed by atoms with Crippen LogP contribution in [0.25, 0.3) is 0 Å². The van der Waals surface area contributed by atoms with Gasteiger partial charge in [0.15, 0.2) is 0 Å². The normalized spacial score (nSPS) is 15.3. The maximum absolute atomic E-state index is 4.66. The molecular weight excluding hydrogens is 346 g/mol. The van der Waals surface area contributed by atoms with Crippen molar-refractivity contribution in [3.8, 4) is 0 Å². The zero-order valence-corrected chi connectivity index (χ0v) is 16.3. The molecule has 1 fully saturated rings. The van der Waals surface area contributed by atoms with Gasteiger partial charge >= 0.3 is 0 Å². The van der Waals surface area contributed by atoms with E-state index in [4.69, 9.17) is 0 Å². The molecule has 2 aromatic carbocycles. The number of benzene rings is 2. The standard InChI is InChI=1S/C23H27N5/c1-18-16-22(27-23(24-18)26-20-10-6-3-7-11-20)25-21-12-14-28(15-13-21)17-19-8-4-2-5-9-19/h2-11,16,21H,12-15,17H2,1H3,(H2,24,25,26,27). The Hall–Kier alpha value is -2.92. The Bertz CT molecular complexity index is 874. The minimum Gasteiger partial charge on any atom is -0.367 e. The lowest BCUT2D eigenvalue weighted by atomic mass is 10.0. The van der Waals surface area contributed by atoms with Gasteiger partial charge in [0.05, 0.1) is 0 Å². The number of likely N-dealkylation sites (tertiary alicyclic amines) is 1. The van der Waals surface area contributed by atoms with Gasteiger partial charge in [0.1, 0.15) is 5.82 Å². The van der Waals surface area contributed by atoms with Crippen molar-refractivity contribution in [3.05, 3.63) is 78.0 Å². The minimum absolute atomic E-state index is 0.450. The van der Waals surface area contributed by atoms with E-state index in [9.17, 15) is 0 Å². The second-order valence-corrected chi connectivity index (χ2v) is 7.39. The van der Waals surface area contributed by atoms with Crippen LogP contribution >= 0.6 is 0 Å². The third-order valence-electron chi connectivity index (χ3n) is 5.07. The highest BCUT2D eigenvalue weighted by atomic mass is 15.2. The van der Waals surface area contributed by atoms with Crippen LogP contribution in [0.5, 0.6) is 0 Å². The zero-order chi connectivity index (χ0) is 19.2. The van der Waals surface area contributed by atoms with Crippen molar-refractivity contribution in [1.29, 1.82) is 0 Å². The van der Waals surface area contributed by atoms with Crippen molar-refractivity contribution in [1.82, 2.24) is 14.9 Å². The number of anilines is 3. The molecule has 2 N–H and O–H groups in total. The summed E-state index contributed by atoms with van der Waals surface area (Å²) < 4.78 is 0. The van der Waals surface area contributed by atoms with Crippen LogP contribution < -0.4 is 10.6 Å². The molecule has 0 saturated carbocycles. The fraction of sp³-hybridized carbons (Fsp3) is 0.304. The Morgan fingerprint density at radius 3 is 2.32 bits per heavy atom. The average molecular weight is 374 g/mol. The number of hydrogen-bond acceptors (Lipinski definition) is 5. The first-order valence-electron chi connectivity index (χ1n) is 9.95. The predicted octanol–water partition coefficient (Wildman–Crippen LogP) is 4.61. The van der Waals surface area contributed by atoms with Crippen LogP contribution in [0.4, 0.5) is 17.5 Å². The molecule has 1 saturated heterocycles. The molecule has 5 heteroatoms. The van der Waals surface area contributed by atoms with Crippen LogP contribution in [0, 0.1) is 6.92 Å². The van der Waals surface area contributed by atoms with Gasteiger partial charge in [-0.1, -0.05) is 48.5 Å². The minimum atomic E-state index is 0.450. The van der Waals surface area contributed by atoms with Gasteiger partial charge in [0.2, 0.25) is 5.95 Å². The summed E-state index contributed by atoms with van der Waals surface area (Å²) in [5.41, 5.74) is 3.34. The van der Waals surface area contributed by atoms with E-state index in [1.807, 2.05) is 43.3 Å². The van der Waals surface area contributed by atoms with Crippen LogP contribution in [0.3, 0.4) is 0 Å². The molecule has 0 spiro atoms. The van der Waals surface area contributed by atoms with Crippen molar-refractivity contribution < 1.29 is 0 Å². The lowest BCUT2D eigenvalue weighted by molar-refractivity contribution is 0.211. The average Bonchev–Trinajstić information content (AvgIpc) is 2.71. The zero-order valence-electron chi connectivity index (χ0n) is 16.3. The Kier molecular flexibility index (Phi) is 5.83. The predicted molar refractivity (Wildman–Crippen MR) is 115 cm³/mol. The van der Waals surface area contributed by atoms with Crippen molar-refractivity contribution in [2.45, 2.75) is 32.4 Å². The molecule has 1 aliphatic rings. The van der Waals surface area contributed by atoms with E-state index in [1.54, 1.807) is 0 Å². The number of nitrogens with zero attached hydrogens (tertiary/aromatic N) is 3. The first-order chi connectivity index (χ1) is 13.7. The number of aryl methyl sites for hydroxylation is 1. The van der Waals surface area contributed by atoms with E-state index in [2.05, 4.69) is 55.8 Å². The summed E-state index contributed by atoms with van der Waals surface area (Å²) >= 11 is 0. The monoisotopic (exact) mass is 373 g/mol. The SMILES string of the molecule is Cc1cc(NC2CCN(Cc3ccccc3)CC2)nc(Nc2ccccc2)n1. The topological polar surface area (TPSA) is 53.1 Å². The quantitative estimate of drug-likeness (QED) is 0.661. The van der Waals surface area contributed by atoms with Gasteiger partial charge in [-0.3, -0.25) is 4.90 Å². The molecule has 2 heterocycles. The number of para-hydroxylation sites is 1. The van der Waals surface area contributed by atoms with Crippen molar-refractivity contribution in [2.24, 2.45) is 0 Å². The molecule has 0 radical (unpaired) electrons. The molecule has 144 valence electrons. The molecule has 28 heavy (non-hydrogen) atoms. The molecule has 0 bridgehead atoms. The van der Waals surface area contributed by atoms with E-state index < -0.39 is 0 Å². The third-order valence-corrected chi connectivity index (χ3v) is 5.07. The number of nitrogens with one attached hydrogen (secondary N) is 2. The van der Waals surface area contributed by atoms with Crippen LogP contribution in [0.2, 0.25) is 0 Å². The Morgan fingerprint density at radius 1 is 0.929 bits per heavy atom. The summed E-state index contributed by atoms with van der Waals surface area (Å²) in [6, 6.07) is 23.2. The van der Waals surface area contributed by atoms with Gasteiger partial charge in [-0.2, -0.15) is 4.98 Å². The van der Waals surface area contributed by atoms with E-state index in [0.717, 1.165) is 49.7 Å². The summed E-state index contributed by atoms with van der Waals surface area (Å²) in [5, 5.41) is 6.90. The molecule has 4 rings (SSSR count). The smallest absolute Gasteiger partial charge is 0.229 e. The Labute approximate surface area is 166 Å². The van der Waals surface area contributed by atoms with Gasteiger partial charge in [-0.25, -0.2) is 4.98 Å². The van der Waals surface area contributed by atoms with Crippen molar-refractivity contribution in [3.63, 3.8) is 0 Å². The number of piperidine rings is 1. The largest absolute Gasteiger partial charge is 0.367 e. The number of aromatic nitrogens is 2. The number of hydrogen-bond donors (Lipinski definition) is 2. The van der Waals surface area contributed by atoms with Gasteiger partial charge in [-0.05, 0) is 37.5 Å². The molecule has 5 nitrogen and oxygen atoms in total. The van der Waals surface area contributed by atoms with Gasteiger partial charge < -0.3 is 10.6 Å². The highest BCUT2D eigenvalue weighted by Crippen LogP contribution is 2.20. The molecule has 0 aliphatic carbocycles. The molecule has 1 aliphatic heterocycles. The summed E-state index contributed by atoms with van der Waals surface area (Å²) in [7, 11) is 0. The lowest BCUT2D eigenvalue weighted by Gasteiger charge is -2.32. The second kappa shape index (κ2) is 8.85. The Morgan fingerprint density at radius 2 is 1.61 bits per heavy atom. The van der Waals surface area contributed by atoms with Crippen molar-refractivity contribution >= 4 is 17.5 Å². The molecular formula is C23H27N5. The number of rotatable bonds is 6. The van der Waals surface area contributed by atoms with E-state index in [-0.39, 0.29) is 0 Å². The van der Waals surface area contributed by atoms with Crippen LogP contribution in [0.15, 0.2) is 66.7 Å². The second-order valence-electron chi connectivity index (χ2n) is 7.39. The highest BCUT2D eigenvalue weighted by molar-refractivity contribution is 5.55. The molecule has 0 unspecified atom stereocenters. The fourth-order valence-corrected chi connectivity index (χ4v) is 3.64. The summed E-state index contributed by atoms with van der Waals surface area (Å²) in [6.07, 6.45) is 2.24. The van der Waals surface area contributed by atoms with E-state index in [0.29, 0.717) is 12.0 Å². The lowest BCUT2D eigenvalue weighted by Crippen LogP contribution is -2.38. The first-order valence-corrected chi connectivity index (χ1v) is 9.95. The molecule has 0 amide bonds. The molecule has 0 atom stereocenters. The van der Waals surface area contributed by atoms with Crippen LogP contribution in [0.1, 0.15) is 24.1 Å². The summed E-state index contributed by atoms with van der Waals surface area (Å²) in [6.45, 7) is 5.24. The van der Waals surface area contributed by atoms with Crippen LogP contribution in [-0.4, -0.2) is 34.0 Å². The molecule has 1 aromatic heterocycles. The van der Waals surface area contributed by atoms with Gasteiger partial charge in [0.25, 0.3) is 0 Å². The maximum Gasteiger partial charge on any atom is 0.229 e. The summed E-state index contributed by atoms with van der Waals surface area (Å²) in [4.78, 5) is 11.7. The maximum atomic E-state index is 4.66. The third kappa shape index (κ3) is 5.08. The molecule has 3 aromatic rings. The first kappa shape index (κ1) is 18.4.